The van der Waals surface area contributed by atoms with E-state index in [1.54, 1.807) is 47.2 Å². The van der Waals surface area contributed by atoms with Gasteiger partial charge in [0.2, 0.25) is 0 Å². The van der Waals surface area contributed by atoms with Crippen molar-refractivity contribution in [2.45, 2.75) is 110 Å². The van der Waals surface area contributed by atoms with E-state index < -0.39 is 22.9 Å². The molecule has 0 N–H and O–H groups in total. The van der Waals surface area contributed by atoms with Crippen molar-refractivity contribution in [2.24, 2.45) is 0 Å². The van der Waals surface area contributed by atoms with Crippen molar-refractivity contribution in [3.05, 3.63) is 81.9 Å². The Morgan fingerprint density at radius 2 is 1.28 bits per heavy atom. The molecular weight excluding hydrogens is 615 g/mol. The molecule has 2 unspecified atom stereocenters. The summed E-state index contributed by atoms with van der Waals surface area (Å²) in [6.07, 6.45) is 16.0. The molecule has 0 amide bonds. The van der Waals surface area contributed by atoms with Gasteiger partial charge in [0.15, 0.2) is 0 Å². The third kappa shape index (κ3) is 5.85. The maximum atomic E-state index is 2.56. The summed E-state index contributed by atoms with van der Waals surface area (Å²) in [4.78, 5) is 0. The van der Waals surface area contributed by atoms with Crippen molar-refractivity contribution >= 4 is 21.7 Å². The van der Waals surface area contributed by atoms with Crippen LogP contribution in [-0.4, -0.2) is 9.52 Å². The molecule has 0 aromatic heterocycles. The van der Waals surface area contributed by atoms with Crippen LogP contribution in [0.5, 0.6) is 0 Å². The van der Waals surface area contributed by atoms with Gasteiger partial charge in [0, 0.05) is 9.52 Å². The van der Waals surface area contributed by atoms with Gasteiger partial charge in [0.25, 0.3) is 0 Å². The quantitative estimate of drug-likeness (QED) is 0.175. The van der Waals surface area contributed by atoms with Crippen LogP contribution in [-0.2, 0) is 22.9 Å². The van der Waals surface area contributed by atoms with Gasteiger partial charge in [-0.2, -0.15) is 0 Å². The molecule has 2 aliphatic carbocycles. The topological polar surface area (TPSA) is 0 Å². The minimum atomic E-state index is -0.956. The van der Waals surface area contributed by atoms with Crippen molar-refractivity contribution < 1.29 is 22.9 Å². The number of hydrogen-bond acceptors (Lipinski definition) is 0. The average Bonchev–Trinajstić information content (AvgIpc) is 3.67. The van der Waals surface area contributed by atoms with E-state index in [4.69, 9.17) is 0 Å². The van der Waals surface area contributed by atoms with E-state index in [1.165, 1.54) is 53.8 Å². The second-order valence-electron chi connectivity index (χ2n) is 11.1. The molecule has 192 valence electrons. The standard InChI is InChI=1S/C26H29.C4H10Si.C4H9.Hf/c1-4-11-24(25-18(5-2)16-20-12-7-9-14-22(20)25)26-19(6-3)17-21-13-8-10-15-23(21)26;1-2-4-5-3-1;1-3-4-2;/h7-10,12-17,25-26H,4-6,11H2,1-3H3;1-5H2;1,3-4H2,2H3;. The van der Waals surface area contributed by atoms with Gasteiger partial charge in [0.05, 0.1) is 0 Å². The number of benzene rings is 2. The molecular formula is C34H48HfSi. The predicted octanol–water partition coefficient (Wildman–Crippen LogP) is 10.2. The van der Waals surface area contributed by atoms with Crippen LogP contribution >= 0.6 is 0 Å². The summed E-state index contributed by atoms with van der Waals surface area (Å²) in [6.45, 7) is 9.58. The zero-order valence-corrected chi connectivity index (χ0v) is 28.4. The van der Waals surface area contributed by atoms with Crippen molar-refractivity contribution in [1.29, 1.82) is 0 Å². The first-order chi connectivity index (χ1) is 17.7. The number of fused-ring (bicyclic) bond motifs is 2. The second kappa shape index (κ2) is 13.7. The van der Waals surface area contributed by atoms with E-state index in [9.17, 15) is 0 Å². The molecule has 3 aliphatic rings. The molecule has 0 bridgehead atoms. The van der Waals surface area contributed by atoms with Crippen molar-refractivity contribution in [3.8, 4) is 0 Å². The third-order valence-corrected chi connectivity index (χ3v) is 18.3. The molecule has 1 fully saturated rings. The molecule has 1 aliphatic heterocycles. The molecule has 1 saturated heterocycles. The average molecular weight is 663 g/mol. The molecule has 5 rings (SSSR count). The zero-order chi connectivity index (χ0) is 25.4. The number of unbranched alkanes of at least 4 members (excludes halogenated alkanes) is 1. The van der Waals surface area contributed by atoms with E-state index in [1.807, 2.05) is 0 Å². The van der Waals surface area contributed by atoms with Crippen LogP contribution in [0.2, 0.25) is 19.4 Å². The van der Waals surface area contributed by atoms with Crippen LogP contribution in [0.15, 0.2) is 59.7 Å². The summed E-state index contributed by atoms with van der Waals surface area (Å²) in [5.41, 5.74) is 9.68. The van der Waals surface area contributed by atoms with E-state index in [0.29, 0.717) is 24.5 Å². The molecule has 2 aromatic carbocycles. The molecule has 2 heteroatoms. The van der Waals surface area contributed by atoms with Crippen LogP contribution in [0.1, 0.15) is 113 Å². The van der Waals surface area contributed by atoms with E-state index in [-0.39, 0.29) is 0 Å². The van der Waals surface area contributed by atoms with Crippen LogP contribution < -0.4 is 0 Å². The monoisotopic (exact) mass is 664 g/mol. The number of hydrogen-bond donors (Lipinski definition) is 0. The molecule has 2 atom stereocenters. The molecule has 1 heterocycles. The summed E-state index contributed by atoms with van der Waals surface area (Å²) in [5, 5.41) is 0. The predicted molar refractivity (Wildman–Crippen MR) is 160 cm³/mol. The van der Waals surface area contributed by atoms with Crippen LogP contribution in [0.25, 0.3) is 12.2 Å². The van der Waals surface area contributed by atoms with Gasteiger partial charge in [-0.3, -0.25) is 0 Å². The summed E-state index contributed by atoms with van der Waals surface area (Å²) < 4.78 is 1.98. The van der Waals surface area contributed by atoms with Gasteiger partial charge in [-0.25, -0.2) is 0 Å². The molecule has 0 saturated carbocycles. The Morgan fingerprint density at radius 3 is 1.69 bits per heavy atom. The molecule has 2 aromatic rings. The molecule has 0 nitrogen and oxygen atoms in total. The second-order valence-corrected chi connectivity index (χ2v) is 19.6. The first kappa shape index (κ1) is 28.0. The minimum absolute atomic E-state index is 0.451. The van der Waals surface area contributed by atoms with Crippen molar-refractivity contribution in [2.75, 3.05) is 0 Å². The SMILES string of the molecule is C1CC[SiH2]C1.CCC[CH2][Hf][C](CCC)(C1C(CC)=Cc2ccccc21)C1C(CC)=Cc2ccccc21. The number of allylic oxidation sites excluding steroid dienone is 2. The van der Waals surface area contributed by atoms with E-state index in [2.05, 4.69) is 88.4 Å². The Balaban J connectivity index is 0.000000543. The first-order valence-corrected chi connectivity index (χ1v) is 21.4. The van der Waals surface area contributed by atoms with E-state index in [0.717, 1.165) is 0 Å². The normalized spacial score (nSPS) is 21.6. The Kier molecular flexibility index (Phi) is 10.7. The fourth-order valence-electron chi connectivity index (χ4n) is 7.15. The molecule has 36 heavy (non-hydrogen) atoms. The Hall–Kier alpha value is -0.993. The van der Waals surface area contributed by atoms with Gasteiger partial charge < -0.3 is 0 Å². The third-order valence-electron chi connectivity index (χ3n) is 8.78. The van der Waals surface area contributed by atoms with Gasteiger partial charge in [-0.05, 0) is 0 Å². The summed E-state index contributed by atoms with van der Waals surface area (Å²) >= 11 is -0.956. The first-order valence-electron chi connectivity index (χ1n) is 15.0. The Bertz CT molecular complexity index is 968. The fraction of sp³-hybridized carbons (Fsp3) is 0.529. The van der Waals surface area contributed by atoms with Crippen LogP contribution in [0, 0.1) is 0 Å². The summed E-state index contributed by atoms with van der Waals surface area (Å²) in [7, 11) is 0.543. The molecule has 0 spiro atoms. The fourth-order valence-corrected chi connectivity index (χ4v) is 17.9. The summed E-state index contributed by atoms with van der Waals surface area (Å²) in [6, 6.07) is 22.0. The van der Waals surface area contributed by atoms with Crippen LogP contribution in [0.3, 0.4) is 0 Å². The molecule has 0 radical (unpaired) electrons. The van der Waals surface area contributed by atoms with E-state index >= 15 is 0 Å². The Labute approximate surface area is 235 Å². The Morgan fingerprint density at radius 1 is 0.750 bits per heavy atom. The zero-order valence-electron chi connectivity index (χ0n) is 23.4. The van der Waals surface area contributed by atoms with Crippen LogP contribution in [0.4, 0.5) is 0 Å². The van der Waals surface area contributed by atoms with Gasteiger partial charge in [-0.1, -0.05) is 24.9 Å². The number of rotatable bonds is 10. The van der Waals surface area contributed by atoms with Crippen molar-refractivity contribution in [3.63, 3.8) is 0 Å². The van der Waals surface area contributed by atoms with Gasteiger partial charge in [-0.15, -0.1) is 0 Å². The van der Waals surface area contributed by atoms with Crippen molar-refractivity contribution in [1.82, 2.24) is 0 Å². The van der Waals surface area contributed by atoms with Gasteiger partial charge >= 0.3 is 202 Å². The van der Waals surface area contributed by atoms with Gasteiger partial charge in [0.1, 0.15) is 0 Å². The maximum absolute atomic E-state index is 2.56. The summed E-state index contributed by atoms with van der Waals surface area (Å²) in [5.74, 6) is 1.25.